The number of rotatable bonds is 4. The SMILES string of the molecule is CC[C@@H]1CN2CC[C@]3(C(=O)N(C)c4ccccc43)[C@@H]2C[C@@H]1/C(=C\OC)C(=O)O. The summed E-state index contributed by atoms with van der Waals surface area (Å²) in [5.74, 6) is -0.665. The van der Waals surface area contributed by atoms with Gasteiger partial charge in [0.2, 0.25) is 5.91 Å². The van der Waals surface area contributed by atoms with Crippen LogP contribution in [0.15, 0.2) is 36.1 Å². The van der Waals surface area contributed by atoms with Crippen LogP contribution in [0.3, 0.4) is 0 Å². The molecule has 3 heterocycles. The lowest BCUT2D eigenvalue weighted by Crippen LogP contribution is -2.54. The number of carboxylic acids is 1. The molecule has 4 atom stereocenters. The zero-order valence-electron chi connectivity index (χ0n) is 16.7. The molecular weight excluding hydrogens is 356 g/mol. The Hall–Kier alpha value is -2.34. The number of nitrogens with zero attached hydrogens (tertiary/aromatic N) is 2. The van der Waals surface area contributed by atoms with E-state index in [0.29, 0.717) is 12.0 Å². The van der Waals surface area contributed by atoms with E-state index in [1.165, 1.54) is 13.4 Å². The first-order valence-corrected chi connectivity index (χ1v) is 10.0. The Morgan fingerprint density at radius 1 is 1.39 bits per heavy atom. The quantitative estimate of drug-likeness (QED) is 0.638. The number of hydrogen-bond donors (Lipinski definition) is 1. The van der Waals surface area contributed by atoms with Gasteiger partial charge in [0.25, 0.3) is 0 Å². The average Bonchev–Trinajstić information content (AvgIpc) is 3.18. The van der Waals surface area contributed by atoms with Gasteiger partial charge in [0.05, 0.1) is 24.4 Å². The van der Waals surface area contributed by atoms with Crippen molar-refractivity contribution in [3.63, 3.8) is 0 Å². The maximum absolute atomic E-state index is 13.5. The van der Waals surface area contributed by atoms with E-state index in [2.05, 4.69) is 17.9 Å². The van der Waals surface area contributed by atoms with E-state index in [9.17, 15) is 14.7 Å². The molecule has 3 aliphatic rings. The molecule has 0 saturated carbocycles. The third-order valence-corrected chi connectivity index (χ3v) is 7.17. The highest BCUT2D eigenvalue weighted by molar-refractivity contribution is 6.08. The van der Waals surface area contributed by atoms with Crippen molar-refractivity contribution in [2.24, 2.45) is 11.8 Å². The van der Waals surface area contributed by atoms with Crippen molar-refractivity contribution >= 4 is 17.6 Å². The first-order chi connectivity index (χ1) is 13.5. The zero-order valence-corrected chi connectivity index (χ0v) is 16.7. The molecule has 4 rings (SSSR count). The van der Waals surface area contributed by atoms with Gasteiger partial charge in [-0.1, -0.05) is 31.5 Å². The van der Waals surface area contributed by atoms with E-state index in [-0.39, 0.29) is 23.8 Å². The van der Waals surface area contributed by atoms with Gasteiger partial charge in [-0.15, -0.1) is 0 Å². The summed E-state index contributed by atoms with van der Waals surface area (Å²) in [5.41, 5.74) is 1.83. The predicted molar refractivity (Wildman–Crippen MR) is 106 cm³/mol. The number of likely N-dealkylation sites (N-methyl/N-ethyl adjacent to an activating group) is 1. The molecule has 2 fully saturated rings. The summed E-state index contributed by atoms with van der Waals surface area (Å²) in [4.78, 5) is 29.6. The summed E-state index contributed by atoms with van der Waals surface area (Å²) in [7, 11) is 3.34. The minimum atomic E-state index is -0.930. The number of para-hydroxylation sites is 1. The Morgan fingerprint density at radius 3 is 2.82 bits per heavy atom. The molecule has 28 heavy (non-hydrogen) atoms. The van der Waals surface area contributed by atoms with Gasteiger partial charge in [-0.2, -0.15) is 0 Å². The van der Waals surface area contributed by atoms with Crippen molar-refractivity contribution in [2.45, 2.75) is 37.6 Å². The summed E-state index contributed by atoms with van der Waals surface area (Å²) in [6, 6.07) is 8.06. The molecule has 1 N–H and O–H groups in total. The van der Waals surface area contributed by atoms with Gasteiger partial charge in [0, 0.05) is 25.3 Å². The van der Waals surface area contributed by atoms with Gasteiger partial charge < -0.3 is 14.7 Å². The van der Waals surface area contributed by atoms with E-state index in [1.54, 1.807) is 4.90 Å². The maximum atomic E-state index is 13.5. The lowest BCUT2D eigenvalue weighted by atomic mass is 9.67. The Kier molecular flexibility index (Phi) is 4.70. The van der Waals surface area contributed by atoms with Crippen LogP contribution in [0.5, 0.6) is 0 Å². The van der Waals surface area contributed by atoms with Gasteiger partial charge in [-0.25, -0.2) is 4.79 Å². The lowest BCUT2D eigenvalue weighted by molar-refractivity contribution is -0.134. The van der Waals surface area contributed by atoms with Crippen LogP contribution in [0.4, 0.5) is 5.69 Å². The molecule has 150 valence electrons. The first-order valence-electron chi connectivity index (χ1n) is 10.0. The van der Waals surface area contributed by atoms with Crippen LogP contribution in [-0.4, -0.2) is 55.2 Å². The van der Waals surface area contributed by atoms with Crippen molar-refractivity contribution < 1.29 is 19.4 Å². The molecular formula is C22H28N2O4. The van der Waals surface area contributed by atoms with E-state index in [4.69, 9.17) is 4.74 Å². The van der Waals surface area contributed by atoms with Crippen molar-refractivity contribution in [3.8, 4) is 0 Å². The Bertz CT molecular complexity index is 836. The number of hydrogen-bond acceptors (Lipinski definition) is 4. The molecule has 1 aromatic rings. The molecule has 0 bridgehead atoms. The topological polar surface area (TPSA) is 70.1 Å². The molecule has 0 radical (unpaired) electrons. The van der Waals surface area contributed by atoms with E-state index < -0.39 is 11.4 Å². The average molecular weight is 384 g/mol. The Labute approximate surface area is 165 Å². The fourth-order valence-corrected chi connectivity index (χ4v) is 5.83. The molecule has 1 spiro atoms. The molecule has 0 aliphatic carbocycles. The summed E-state index contributed by atoms with van der Waals surface area (Å²) in [6.45, 7) is 3.80. The second kappa shape index (κ2) is 6.92. The molecule has 2 saturated heterocycles. The number of ether oxygens (including phenoxy) is 1. The Balaban J connectivity index is 1.77. The third-order valence-electron chi connectivity index (χ3n) is 7.17. The number of piperidine rings is 1. The predicted octanol–water partition coefficient (Wildman–Crippen LogP) is 2.64. The molecule has 1 aromatic carbocycles. The van der Waals surface area contributed by atoms with Crippen LogP contribution in [0.25, 0.3) is 0 Å². The Morgan fingerprint density at radius 2 is 2.14 bits per heavy atom. The van der Waals surface area contributed by atoms with Crippen LogP contribution in [-0.2, 0) is 19.7 Å². The van der Waals surface area contributed by atoms with Crippen LogP contribution >= 0.6 is 0 Å². The second-order valence-electron chi connectivity index (χ2n) is 8.24. The maximum Gasteiger partial charge on any atom is 0.334 e. The second-order valence-corrected chi connectivity index (χ2v) is 8.24. The highest BCUT2D eigenvalue weighted by Gasteiger charge is 2.61. The smallest absolute Gasteiger partial charge is 0.334 e. The number of carbonyl (C=O) groups excluding carboxylic acids is 1. The van der Waals surface area contributed by atoms with Crippen LogP contribution in [0, 0.1) is 11.8 Å². The summed E-state index contributed by atoms with van der Waals surface area (Å²) >= 11 is 0. The molecule has 6 heteroatoms. The van der Waals surface area contributed by atoms with Crippen molar-refractivity contribution in [1.29, 1.82) is 0 Å². The van der Waals surface area contributed by atoms with Crippen LogP contribution < -0.4 is 4.90 Å². The summed E-state index contributed by atoms with van der Waals surface area (Å²) < 4.78 is 5.10. The number of amides is 1. The van der Waals surface area contributed by atoms with Crippen molar-refractivity contribution in [1.82, 2.24) is 4.90 Å². The first kappa shape index (κ1) is 19.0. The zero-order chi connectivity index (χ0) is 20.1. The number of carboxylic acid groups (broad SMARTS) is 1. The summed E-state index contributed by atoms with van der Waals surface area (Å²) in [5, 5.41) is 9.78. The number of fused-ring (bicyclic) bond motifs is 4. The fraction of sp³-hybridized carbons (Fsp3) is 0.545. The lowest BCUT2D eigenvalue weighted by Gasteiger charge is -2.45. The number of carbonyl (C=O) groups is 2. The molecule has 0 aromatic heterocycles. The molecule has 6 nitrogen and oxygen atoms in total. The normalized spacial score (nSPS) is 32.5. The molecule has 1 amide bonds. The monoisotopic (exact) mass is 384 g/mol. The largest absolute Gasteiger partial charge is 0.504 e. The van der Waals surface area contributed by atoms with E-state index >= 15 is 0 Å². The number of aliphatic carboxylic acids is 1. The highest BCUT2D eigenvalue weighted by atomic mass is 16.5. The van der Waals surface area contributed by atoms with Crippen molar-refractivity contribution in [2.75, 3.05) is 32.1 Å². The van der Waals surface area contributed by atoms with E-state index in [0.717, 1.165) is 37.2 Å². The van der Waals surface area contributed by atoms with Gasteiger partial charge >= 0.3 is 5.97 Å². The number of methoxy groups -OCH3 is 1. The van der Waals surface area contributed by atoms with Gasteiger partial charge in [0.1, 0.15) is 0 Å². The minimum absolute atomic E-state index is 0.0125. The third kappa shape index (κ3) is 2.50. The summed E-state index contributed by atoms with van der Waals surface area (Å²) in [6.07, 6.45) is 3.73. The van der Waals surface area contributed by atoms with E-state index in [1.807, 2.05) is 25.2 Å². The van der Waals surface area contributed by atoms with Crippen molar-refractivity contribution in [3.05, 3.63) is 41.7 Å². The minimum Gasteiger partial charge on any atom is -0.504 e. The molecule has 0 unspecified atom stereocenters. The van der Waals surface area contributed by atoms with Crippen LogP contribution in [0.2, 0.25) is 0 Å². The van der Waals surface area contributed by atoms with Crippen LogP contribution in [0.1, 0.15) is 31.7 Å². The van der Waals surface area contributed by atoms with Gasteiger partial charge in [0.15, 0.2) is 0 Å². The standard InChI is InChI=1S/C22H28N2O4/c1-4-14-12-24-10-9-22(17-7-5-6-8-18(17)23(2)21(22)27)19(24)11-15(14)16(13-28-3)20(25)26/h5-8,13-15,19H,4,9-12H2,1-3H3,(H,25,26)/b16-13+/t14-,15+,19+,22-/m1/s1. The molecule has 3 aliphatic heterocycles. The number of anilines is 1. The van der Waals surface area contributed by atoms with Gasteiger partial charge in [-0.05, 0) is 42.9 Å². The number of benzene rings is 1. The van der Waals surface area contributed by atoms with Gasteiger partial charge in [-0.3, -0.25) is 9.69 Å². The highest BCUT2D eigenvalue weighted by Crippen LogP contribution is 2.54. The fourth-order valence-electron chi connectivity index (χ4n) is 5.83.